The van der Waals surface area contributed by atoms with Gasteiger partial charge in [0, 0.05) is 17.8 Å². The third kappa shape index (κ3) is 4.44. The zero-order chi connectivity index (χ0) is 28.8. The predicted octanol–water partition coefficient (Wildman–Crippen LogP) is 4.73. The fourth-order valence-electron chi connectivity index (χ4n) is 5.57. The van der Waals surface area contributed by atoms with Gasteiger partial charge in [0.05, 0.1) is 28.6 Å². The van der Waals surface area contributed by atoms with Gasteiger partial charge in [0.1, 0.15) is 4.53 Å². The highest BCUT2D eigenvalue weighted by Gasteiger charge is 2.36. The minimum atomic E-state index is -0.709. The normalized spacial score (nSPS) is 17.4. The van der Waals surface area contributed by atoms with Crippen LogP contribution in [0.1, 0.15) is 56.3 Å². The molecule has 0 saturated carbocycles. The van der Waals surface area contributed by atoms with Crippen LogP contribution in [0, 0.1) is 0 Å². The number of aromatic nitrogens is 1. The Labute approximate surface area is 241 Å². The van der Waals surface area contributed by atoms with E-state index in [9.17, 15) is 14.4 Å². The van der Waals surface area contributed by atoms with Crippen LogP contribution in [0.15, 0.2) is 99.9 Å². The van der Waals surface area contributed by atoms with Gasteiger partial charge in [-0.1, -0.05) is 85.8 Å². The van der Waals surface area contributed by atoms with Crippen LogP contribution >= 0.6 is 11.3 Å². The average Bonchev–Trinajstić information content (AvgIpc) is 3.44. The fraction of sp³-hybridized carbons (Fsp3) is 0.212. The fourth-order valence-corrected chi connectivity index (χ4v) is 6.71. The maximum atomic E-state index is 14.3. The zero-order valence-electron chi connectivity index (χ0n) is 23.3. The standard InChI is InChI=1S/C33H30N4O3S/c1-5-36-25-14-10-9-13-24(25)27(31(36)39)29-32(40)37-28(22-17-15-21(16-18-22)19(2)3)26(20(4)34-33(37)41-29)30(38)35-23-11-7-6-8-12-23/h6-19,28H,5H2,1-4H3,(H,35,38)/b29-27+/t28-/m1/s1. The van der Waals surface area contributed by atoms with Crippen molar-refractivity contribution < 1.29 is 9.59 Å². The number of amides is 2. The number of thiazole rings is 1. The number of likely N-dealkylation sites (N-methyl/N-ethyl adjacent to an activating group) is 1. The van der Waals surface area contributed by atoms with Gasteiger partial charge < -0.3 is 10.2 Å². The number of benzene rings is 3. The highest BCUT2D eigenvalue weighted by Crippen LogP contribution is 2.35. The molecule has 206 valence electrons. The molecule has 0 aliphatic carbocycles. The Bertz CT molecular complexity index is 1900. The maximum Gasteiger partial charge on any atom is 0.271 e. The summed E-state index contributed by atoms with van der Waals surface area (Å²) in [7, 11) is 0. The lowest BCUT2D eigenvalue weighted by atomic mass is 9.93. The number of hydrogen-bond donors (Lipinski definition) is 1. The molecule has 0 unspecified atom stereocenters. The Morgan fingerprint density at radius 2 is 1.66 bits per heavy atom. The summed E-state index contributed by atoms with van der Waals surface area (Å²) in [6.45, 7) is 8.45. The molecule has 3 aromatic carbocycles. The van der Waals surface area contributed by atoms with Crippen LogP contribution in [0.25, 0.3) is 5.57 Å². The van der Waals surface area contributed by atoms with Gasteiger partial charge in [0.25, 0.3) is 17.4 Å². The number of carbonyl (C=O) groups excluding carboxylic acids is 2. The van der Waals surface area contributed by atoms with E-state index >= 15 is 0 Å². The minimum Gasteiger partial charge on any atom is -0.322 e. The minimum absolute atomic E-state index is 0.199. The van der Waals surface area contributed by atoms with Crippen molar-refractivity contribution in [2.75, 3.05) is 16.8 Å². The largest absolute Gasteiger partial charge is 0.322 e. The van der Waals surface area contributed by atoms with E-state index in [0.717, 1.165) is 22.4 Å². The third-order valence-corrected chi connectivity index (χ3v) is 8.71. The maximum absolute atomic E-state index is 14.3. The molecule has 2 aliphatic rings. The van der Waals surface area contributed by atoms with E-state index < -0.39 is 6.04 Å². The molecule has 1 atom stereocenters. The molecule has 0 bridgehead atoms. The Morgan fingerprint density at radius 3 is 2.34 bits per heavy atom. The molecule has 0 fully saturated rings. The van der Waals surface area contributed by atoms with Gasteiger partial charge in [-0.2, -0.15) is 0 Å². The van der Waals surface area contributed by atoms with Crippen molar-refractivity contribution >= 4 is 40.1 Å². The molecule has 41 heavy (non-hydrogen) atoms. The van der Waals surface area contributed by atoms with Gasteiger partial charge in [0.2, 0.25) is 0 Å². The van der Waals surface area contributed by atoms with E-state index in [1.807, 2.05) is 85.8 Å². The van der Waals surface area contributed by atoms with E-state index in [-0.39, 0.29) is 17.4 Å². The van der Waals surface area contributed by atoms with Crippen molar-refractivity contribution in [3.63, 3.8) is 0 Å². The first kappa shape index (κ1) is 26.7. The third-order valence-electron chi connectivity index (χ3n) is 7.66. The van der Waals surface area contributed by atoms with Crippen molar-refractivity contribution in [3.05, 3.63) is 127 Å². The quantitative estimate of drug-likeness (QED) is 0.382. The summed E-state index contributed by atoms with van der Waals surface area (Å²) in [5, 5.41) is 2.98. The number of carbonyl (C=O) groups is 2. The van der Waals surface area contributed by atoms with E-state index in [4.69, 9.17) is 4.99 Å². The second-order valence-electron chi connectivity index (χ2n) is 10.5. The van der Waals surface area contributed by atoms with Crippen molar-refractivity contribution in [3.8, 4) is 0 Å². The van der Waals surface area contributed by atoms with E-state index in [2.05, 4.69) is 19.2 Å². The summed E-state index contributed by atoms with van der Waals surface area (Å²) in [5.74, 6) is -0.191. The van der Waals surface area contributed by atoms with E-state index in [1.54, 1.807) is 16.4 Å². The number of nitrogens with zero attached hydrogens (tertiary/aromatic N) is 3. The second-order valence-corrected chi connectivity index (χ2v) is 11.5. The van der Waals surface area contributed by atoms with Crippen LogP contribution in [-0.2, 0) is 9.59 Å². The lowest BCUT2D eigenvalue weighted by molar-refractivity contribution is -0.114. The number of nitrogens with one attached hydrogen (secondary N) is 1. The van der Waals surface area contributed by atoms with Crippen molar-refractivity contribution in [2.45, 2.75) is 39.7 Å². The molecule has 2 aliphatic heterocycles. The molecule has 3 heterocycles. The summed E-state index contributed by atoms with van der Waals surface area (Å²) >= 11 is 1.20. The first-order valence-electron chi connectivity index (χ1n) is 13.7. The van der Waals surface area contributed by atoms with E-state index in [1.165, 1.54) is 11.3 Å². The van der Waals surface area contributed by atoms with Gasteiger partial charge >= 0.3 is 0 Å². The monoisotopic (exact) mass is 562 g/mol. The summed E-state index contributed by atoms with van der Waals surface area (Å²) < 4.78 is 1.91. The second kappa shape index (κ2) is 10.4. The average molecular weight is 563 g/mol. The summed E-state index contributed by atoms with van der Waals surface area (Å²) in [4.78, 5) is 48.6. The molecule has 4 aromatic rings. The number of allylic oxidation sites excluding steroid dienone is 1. The Hall–Kier alpha value is -4.56. The Kier molecular flexibility index (Phi) is 6.79. The zero-order valence-corrected chi connectivity index (χ0v) is 24.2. The van der Waals surface area contributed by atoms with Gasteiger partial charge in [-0.25, -0.2) is 4.99 Å². The molecule has 0 radical (unpaired) electrons. The first-order valence-corrected chi connectivity index (χ1v) is 14.5. The Balaban J connectivity index is 1.58. The molecular weight excluding hydrogens is 532 g/mol. The molecule has 0 saturated heterocycles. The molecule has 1 N–H and O–H groups in total. The van der Waals surface area contributed by atoms with Gasteiger partial charge in [-0.05, 0) is 49.1 Å². The van der Waals surface area contributed by atoms with Crippen LogP contribution in [0.4, 0.5) is 11.4 Å². The molecule has 6 rings (SSSR count). The Morgan fingerprint density at radius 1 is 0.976 bits per heavy atom. The summed E-state index contributed by atoms with van der Waals surface area (Å²) in [6, 6.07) is 24.1. The highest BCUT2D eigenvalue weighted by molar-refractivity contribution is 7.07. The number of rotatable bonds is 5. The van der Waals surface area contributed by atoms with Gasteiger partial charge in [-0.15, -0.1) is 0 Å². The van der Waals surface area contributed by atoms with Crippen LogP contribution < -0.4 is 25.1 Å². The van der Waals surface area contributed by atoms with Crippen molar-refractivity contribution in [1.29, 1.82) is 0 Å². The molecule has 2 amide bonds. The number of para-hydroxylation sites is 2. The summed E-state index contributed by atoms with van der Waals surface area (Å²) in [5.41, 5.74) is 5.11. The lowest BCUT2D eigenvalue weighted by Crippen LogP contribution is -2.41. The lowest BCUT2D eigenvalue weighted by Gasteiger charge is -2.25. The van der Waals surface area contributed by atoms with Gasteiger partial charge in [-0.3, -0.25) is 19.0 Å². The van der Waals surface area contributed by atoms with Crippen LogP contribution in [0.2, 0.25) is 0 Å². The van der Waals surface area contributed by atoms with Gasteiger partial charge in [0.15, 0.2) is 4.80 Å². The number of hydrogen-bond acceptors (Lipinski definition) is 5. The van der Waals surface area contributed by atoms with Crippen molar-refractivity contribution in [2.24, 2.45) is 4.99 Å². The molecule has 7 nitrogen and oxygen atoms in total. The molecule has 8 heteroatoms. The smallest absolute Gasteiger partial charge is 0.271 e. The highest BCUT2D eigenvalue weighted by atomic mass is 32.1. The van der Waals surface area contributed by atoms with E-state index in [0.29, 0.717) is 44.3 Å². The van der Waals surface area contributed by atoms with Crippen LogP contribution in [0.3, 0.4) is 0 Å². The van der Waals surface area contributed by atoms with Crippen LogP contribution in [-0.4, -0.2) is 22.9 Å². The number of fused-ring (bicyclic) bond motifs is 2. The first-order chi connectivity index (χ1) is 19.8. The SMILES string of the molecule is CCN1C(=O)/C(=c2/sc3n(c2=O)[C@H](c2ccc(C(C)C)cc2)C(C(=O)Nc2ccccc2)=C(C)N=3)c2ccccc21. The molecular formula is C33H30N4O3S. The van der Waals surface area contributed by atoms with Crippen molar-refractivity contribution in [1.82, 2.24) is 4.57 Å². The molecule has 0 spiro atoms. The summed E-state index contributed by atoms with van der Waals surface area (Å²) in [6.07, 6.45) is 0. The van der Waals surface area contributed by atoms with Crippen LogP contribution in [0.5, 0.6) is 0 Å². The number of anilines is 2. The topological polar surface area (TPSA) is 83.8 Å². The predicted molar refractivity (Wildman–Crippen MR) is 163 cm³/mol. The molecule has 1 aromatic heterocycles.